The lowest BCUT2D eigenvalue weighted by Gasteiger charge is -2.19. The lowest BCUT2D eigenvalue weighted by Crippen LogP contribution is -2.34. The molecule has 0 bridgehead atoms. The van der Waals surface area contributed by atoms with E-state index in [9.17, 15) is 8.42 Å². The first-order valence-electron chi connectivity index (χ1n) is 6.58. The lowest BCUT2D eigenvalue weighted by molar-refractivity contribution is 0.459. The molecule has 114 valence electrons. The Balaban J connectivity index is 2.67. The molecule has 1 aromatic carbocycles. The van der Waals surface area contributed by atoms with Gasteiger partial charge in [0.2, 0.25) is 0 Å². The van der Waals surface area contributed by atoms with Crippen molar-refractivity contribution >= 4 is 31.8 Å². The second-order valence-electron chi connectivity index (χ2n) is 4.55. The van der Waals surface area contributed by atoms with Crippen molar-refractivity contribution in [2.24, 2.45) is 0 Å². The molecule has 0 aliphatic carbocycles. The van der Waals surface area contributed by atoms with E-state index >= 15 is 0 Å². The van der Waals surface area contributed by atoms with E-state index in [1.54, 1.807) is 19.2 Å². The van der Waals surface area contributed by atoms with Gasteiger partial charge in [-0.05, 0) is 44.1 Å². The molecule has 5 nitrogen and oxygen atoms in total. The summed E-state index contributed by atoms with van der Waals surface area (Å²) >= 11 is 3.39. The number of halogens is 1. The summed E-state index contributed by atoms with van der Waals surface area (Å²) in [6.07, 6.45) is 0.780. The monoisotopic (exact) mass is 363 g/mol. The first-order valence-corrected chi connectivity index (χ1v) is 8.81. The van der Waals surface area contributed by atoms with Crippen molar-refractivity contribution in [1.82, 2.24) is 9.62 Å². The Bertz CT molecular complexity index is 534. The number of rotatable bonds is 8. The van der Waals surface area contributed by atoms with E-state index in [1.165, 1.54) is 4.31 Å². The van der Waals surface area contributed by atoms with Crippen LogP contribution >= 0.6 is 15.9 Å². The highest BCUT2D eigenvalue weighted by Gasteiger charge is 2.18. The lowest BCUT2D eigenvalue weighted by atomic mass is 10.2. The Morgan fingerprint density at radius 3 is 2.70 bits per heavy atom. The molecule has 0 aromatic heterocycles. The molecule has 2 N–H and O–H groups in total. The van der Waals surface area contributed by atoms with Crippen LogP contribution in [0.3, 0.4) is 0 Å². The molecular formula is C13H22BrN3O2S. The van der Waals surface area contributed by atoms with E-state index in [0.29, 0.717) is 12.2 Å². The highest BCUT2D eigenvalue weighted by atomic mass is 79.9. The third-order valence-electron chi connectivity index (χ3n) is 2.99. The van der Waals surface area contributed by atoms with Crippen LogP contribution in [0.15, 0.2) is 22.7 Å². The second kappa shape index (κ2) is 7.97. The zero-order chi connectivity index (χ0) is 15.2. The van der Waals surface area contributed by atoms with Crippen molar-refractivity contribution in [2.75, 3.05) is 31.4 Å². The molecule has 0 aliphatic heterocycles. The van der Waals surface area contributed by atoms with Crippen LogP contribution < -0.4 is 10.0 Å². The maximum Gasteiger partial charge on any atom is 0.301 e. The van der Waals surface area contributed by atoms with Gasteiger partial charge in [-0.15, -0.1) is 0 Å². The topological polar surface area (TPSA) is 61.4 Å². The van der Waals surface area contributed by atoms with Gasteiger partial charge >= 0.3 is 10.2 Å². The van der Waals surface area contributed by atoms with Gasteiger partial charge in [-0.1, -0.05) is 28.9 Å². The average Bonchev–Trinajstić information content (AvgIpc) is 2.39. The summed E-state index contributed by atoms with van der Waals surface area (Å²) in [5, 5.41) is 3.17. The Morgan fingerprint density at radius 1 is 1.35 bits per heavy atom. The van der Waals surface area contributed by atoms with Crippen LogP contribution in [-0.2, 0) is 10.2 Å². The summed E-state index contributed by atoms with van der Waals surface area (Å²) in [4.78, 5) is 0. The Morgan fingerprint density at radius 2 is 2.05 bits per heavy atom. The third kappa shape index (κ3) is 5.05. The third-order valence-corrected chi connectivity index (χ3v) is 5.33. The molecule has 0 fully saturated rings. The highest BCUT2D eigenvalue weighted by Crippen LogP contribution is 2.24. The summed E-state index contributed by atoms with van der Waals surface area (Å²) in [5.74, 6) is 0. The van der Waals surface area contributed by atoms with Gasteiger partial charge in [0.05, 0.1) is 5.69 Å². The maximum atomic E-state index is 12.2. The van der Waals surface area contributed by atoms with Crippen LogP contribution in [0.5, 0.6) is 0 Å². The van der Waals surface area contributed by atoms with Crippen molar-refractivity contribution in [3.8, 4) is 0 Å². The van der Waals surface area contributed by atoms with Gasteiger partial charge in [0.25, 0.3) is 0 Å². The standard InChI is InChI=1S/C13H22BrN3O2S/c1-4-15-9-6-10-17(3)20(18,19)16-13-8-5-7-12(14)11(13)2/h5,7-8,15-16H,4,6,9-10H2,1-3H3. The van der Waals surface area contributed by atoms with Gasteiger partial charge in [-0.2, -0.15) is 12.7 Å². The number of hydrogen-bond acceptors (Lipinski definition) is 3. The molecule has 0 saturated carbocycles. The van der Waals surface area contributed by atoms with Gasteiger partial charge in [-0.3, -0.25) is 4.72 Å². The molecule has 0 aliphatic rings. The predicted molar refractivity (Wildman–Crippen MR) is 87.2 cm³/mol. The zero-order valence-electron chi connectivity index (χ0n) is 12.1. The van der Waals surface area contributed by atoms with Gasteiger partial charge < -0.3 is 5.32 Å². The predicted octanol–water partition coefficient (Wildman–Crippen LogP) is 2.35. The molecule has 0 atom stereocenters. The molecule has 20 heavy (non-hydrogen) atoms. The molecule has 0 saturated heterocycles. The minimum absolute atomic E-state index is 0.482. The highest BCUT2D eigenvalue weighted by molar-refractivity contribution is 9.10. The van der Waals surface area contributed by atoms with E-state index in [1.807, 2.05) is 19.9 Å². The minimum Gasteiger partial charge on any atom is -0.317 e. The molecular weight excluding hydrogens is 342 g/mol. The first kappa shape index (κ1) is 17.4. The molecule has 7 heteroatoms. The first-order chi connectivity index (χ1) is 9.38. The van der Waals surface area contributed by atoms with Gasteiger partial charge in [0, 0.05) is 18.1 Å². The van der Waals surface area contributed by atoms with Crippen molar-refractivity contribution in [3.63, 3.8) is 0 Å². The number of nitrogens with zero attached hydrogens (tertiary/aromatic N) is 1. The van der Waals surface area contributed by atoms with Crippen LogP contribution in [0.2, 0.25) is 0 Å². The molecule has 1 aromatic rings. The van der Waals surface area contributed by atoms with Crippen LogP contribution in [0.4, 0.5) is 5.69 Å². The number of anilines is 1. The molecule has 0 radical (unpaired) electrons. The van der Waals surface area contributed by atoms with E-state index in [0.717, 1.165) is 29.5 Å². The smallest absolute Gasteiger partial charge is 0.301 e. The fraction of sp³-hybridized carbons (Fsp3) is 0.538. The number of nitrogens with one attached hydrogen (secondary N) is 2. The van der Waals surface area contributed by atoms with Gasteiger partial charge in [0.15, 0.2) is 0 Å². The quantitative estimate of drug-likeness (QED) is 0.696. The summed E-state index contributed by atoms with van der Waals surface area (Å²) < 4.78 is 29.2. The summed E-state index contributed by atoms with van der Waals surface area (Å²) in [6.45, 7) is 6.08. The summed E-state index contributed by atoms with van der Waals surface area (Å²) in [7, 11) is -1.92. The van der Waals surface area contributed by atoms with Crippen LogP contribution in [0, 0.1) is 6.92 Å². The number of benzene rings is 1. The average molecular weight is 364 g/mol. The van der Waals surface area contributed by atoms with Crippen molar-refractivity contribution in [3.05, 3.63) is 28.2 Å². The maximum absolute atomic E-state index is 12.2. The molecule has 0 spiro atoms. The van der Waals surface area contributed by atoms with Gasteiger partial charge in [-0.25, -0.2) is 0 Å². The fourth-order valence-electron chi connectivity index (χ4n) is 1.66. The SMILES string of the molecule is CCNCCCN(C)S(=O)(=O)Nc1cccc(Br)c1C. The normalized spacial score (nSPS) is 11.8. The Kier molecular flexibility index (Phi) is 6.94. The summed E-state index contributed by atoms with van der Waals surface area (Å²) in [5.41, 5.74) is 1.47. The minimum atomic E-state index is -3.51. The second-order valence-corrected chi connectivity index (χ2v) is 7.18. The summed E-state index contributed by atoms with van der Waals surface area (Å²) in [6, 6.07) is 5.44. The van der Waals surface area contributed by atoms with E-state index in [4.69, 9.17) is 0 Å². The molecule has 1 rings (SSSR count). The molecule has 0 heterocycles. The van der Waals surface area contributed by atoms with Gasteiger partial charge in [0.1, 0.15) is 0 Å². The van der Waals surface area contributed by atoms with E-state index in [-0.39, 0.29) is 0 Å². The van der Waals surface area contributed by atoms with Crippen LogP contribution in [0.1, 0.15) is 18.9 Å². The Labute approximate surface area is 130 Å². The van der Waals surface area contributed by atoms with Crippen molar-refractivity contribution < 1.29 is 8.42 Å². The van der Waals surface area contributed by atoms with Crippen LogP contribution in [0.25, 0.3) is 0 Å². The zero-order valence-corrected chi connectivity index (χ0v) is 14.5. The fourth-order valence-corrected chi connectivity index (χ4v) is 3.05. The number of hydrogen-bond donors (Lipinski definition) is 2. The van der Waals surface area contributed by atoms with Crippen molar-refractivity contribution in [1.29, 1.82) is 0 Å². The van der Waals surface area contributed by atoms with E-state index < -0.39 is 10.2 Å². The van der Waals surface area contributed by atoms with Crippen molar-refractivity contribution in [2.45, 2.75) is 20.3 Å². The van der Waals surface area contributed by atoms with E-state index in [2.05, 4.69) is 26.0 Å². The molecule has 0 unspecified atom stereocenters. The Hall–Kier alpha value is -0.630. The molecule has 0 amide bonds. The largest absolute Gasteiger partial charge is 0.317 e. The van der Waals surface area contributed by atoms with Crippen LogP contribution in [-0.4, -0.2) is 39.4 Å².